The zero-order valence-corrected chi connectivity index (χ0v) is 15.9. The van der Waals surface area contributed by atoms with Crippen molar-refractivity contribution in [1.82, 2.24) is 0 Å². The minimum absolute atomic E-state index is 0.0610. The summed E-state index contributed by atoms with van der Waals surface area (Å²) >= 11 is 0. The van der Waals surface area contributed by atoms with Crippen LogP contribution in [-0.2, 0) is 11.3 Å². The lowest BCUT2D eigenvalue weighted by Crippen LogP contribution is -2.36. The second-order valence-electron chi connectivity index (χ2n) is 7.50. The van der Waals surface area contributed by atoms with E-state index in [2.05, 4.69) is 18.2 Å². The summed E-state index contributed by atoms with van der Waals surface area (Å²) in [4.78, 5) is 15.1. The predicted molar refractivity (Wildman–Crippen MR) is 114 cm³/mol. The van der Waals surface area contributed by atoms with Gasteiger partial charge >= 0.3 is 0 Å². The topological polar surface area (TPSA) is 20.3 Å². The number of fused-ring (bicyclic) bond motifs is 3. The van der Waals surface area contributed by atoms with Crippen LogP contribution in [0, 0.1) is 5.82 Å². The van der Waals surface area contributed by atoms with Crippen LogP contribution in [0.2, 0.25) is 0 Å². The highest BCUT2D eigenvalue weighted by molar-refractivity contribution is 6.03. The van der Waals surface area contributed by atoms with Gasteiger partial charge in [0, 0.05) is 18.0 Å². The molecular weight excluding hydrogens is 361 g/mol. The summed E-state index contributed by atoms with van der Waals surface area (Å²) in [5.74, 6) is -0.374. The first-order chi connectivity index (χ1) is 14.2. The zero-order chi connectivity index (χ0) is 19.8. The summed E-state index contributed by atoms with van der Waals surface area (Å²) in [6, 6.07) is 28.9. The Hall–Kier alpha value is -3.46. The summed E-state index contributed by atoms with van der Waals surface area (Å²) in [7, 11) is 0. The molecule has 1 heterocycles. The maximum Gasteiger partial charge on any atom is 0.228 e. The van der Waals surface area contributed by atoms with Gasteiger partial charge in [-0.05, 0) is 45.7 Å². The number of carbonyl (C=O) groups excluding carboxylic acids is 1. The van der Waals surface area contributed by atoms with E-state index >= 15 is 0 Å². The van der Waals surface area contributed by atoms with Gasteiger partial charge in [0.25, 0.3) is 0 Å². The Labute approximate surface area is 169 Å². The molecule has 2 nitrogen and oxygen atoms in total. The van der Waals surface area contributed by atoms with Gasteiger partial charge in [-0.25, -0.2) is 4.39 Å². The van der Waals surface area contributed by atoms with Crippen LogP contribution in [0.5, 0.6) is 0 Å². The van der Waals surface area contributed by atoms with Gasteiger partial charge in [-0.3, -0.25) is 4.79 Å². The van der Waals surface area contributed by atoms with Gasteiger partial charge in [-0.15, -0.1) is 0 Å². The molecule has 0 aliphatic carbocycles. The number of hydrogen-bond acceptors (Lipinski definition) is 1. The van der Waals surface area contributed by atoms with E-state index in [1.807, 2.05) is 59.5 Å². The van der Waals surface area contributed by atoms with Crippen LogP contribution in [0.25, 0.3) is 10.8 Å². The van der Waals surface area contributed by atoms with E-state index in [1.54, 1.807) is 12.1 Å². The highest BCUT2D eigenvalue weighted by atomic mass is 19.1. The molecule has 0 bridgehead atoms. The van der Waals surface area contributed by atoms with Crippen LogP contribution in [0.4, 0.5) is 10.1 Å². The summed E-state index contributed by atoms with van der Waals surface area (Å²) in [5, 5.41) is 2.24. The number of hydrogen-bond donors (Lipinski definition) is 0. The average molecular weight is 381 g/mol. The molecule has 4 aromatic rings. The molecule has 0 fully saturated rings. The average Bonchev–Trinajstić information content (AvgIpc) is 2.76. The van der Waals surface area contributed by atoms with Crippen LogP contribution < -0.4 is 4.90 Å². The number of halogens is 1. The summed E-state index contributed by atoms with van der Waals surface area (Å²) in [5.41, 5.74) is 3.95. The third-order valence-electron chi connectivity index (χ3n) is 5.70. The van der Waals surface area contributed by atoms with E-state index < -0.39 is 0 Å². The molecule has 4 aromatic carbocycles. The highest BCUT2D eigenvalue weighted by Gasteiger charge is 2.33. The maximum atomic E-state index is 14.0. The summed E-state index contributed by atoms with van der Waals surface area (Å²) < 4.78 is 14.0. The molecule has 5 rings (SSSR count). The van der Waals surface area contributed by atoms with Crippen molar-refractivity contribution in [2.24, 2.45) is 0 Å². The quantitative estimate of drug-likeness (QED) is 0.423. The molecule has 142 valence electrons. The molecule has 1 unspecified atom stereocenters. The Morgan fingerprint density at radius 3 is 2.48 bits per heavy atom. The molecule has 0 saturated carbocycles. The standard InChI is InChI=1S/C26H20FNO/c27-21-11-6-10-20(15-21)23-16-25(29)28(17-18-7-2-1-3-8-18)24-14-13-19-9-4-5-12-22(19)26(23)24/h1-15,23H,16-17H2. The lowest BCUT2D eigenvalue weighted by atomic mass is 9.81. The number of amides is 1. The van der Waals surface area contributed by atoms with Crippen LogP contribution in [-0.4, -0.2) is 5.91 Å². The number of rotatable bonds is 3. The molecule has 1 atom stereocenters. The number of nitrogens with zero attached hydrogens (tertiary/aromatic N) is 1. The Morgan fingerprint density at radius 1 is 0.862 bits per heavy atom. The smallest absolute Gasteiger partial charge is 0.228 e. The predicted octanol–water partition coefficient (Wildman–Crippen LogP) is 6.05. The minimum Gasteiger partial charge on any atom is -0.308 e. The van der Waals surface area contributed by atoms with Gasteiger partial charge in [0.15, 0.2) is 0 Å². The molecule has 0 radical (unpaired) electrons. The molecule has 29 heavy (non-hydrogen) atoms. The van der Waals surface area contributed by atoms with E-state index in [0.29, 0.717) is 13.0 Å². The van der Waals surface area contributed by atoms with Gasteiger partial charge in [-0.2, -0.15) is 0 Å². The number of benzene rings is 4. The normalized spacial score (nSPS) is 16.1. The first kappa shape index (κ1) is 17.6. The van der Waals surface area contributed by atoms with Crippen LogP contribution in [0.1, 0.15) is 29.0 Å². The molecule has 1 aliphatic heterocycles. The molecule has 0 spiro atoms. The largest absolute Gasteiger partial charge is 0.308 e. The van der Waals surface area contributed by atoms with Gasteiger partial charge in [0.05, 0.1) is 6.54 Å². The van der Waals surface area contributed by atoms with Gasteiger partial charge < -0.3 is 4.90 Å². The van der Waals surface area contributed by atoms with Gasteiger partial charge in [-0.1, -0.05) is 72.8 Å². The summed E-state index contributed by atoms with van der Waals surface area (Å²) in [6.07, 6.45) is 0.331. The summed E-state index contributed by atoms with van der Waals surface area (Å²) in [6.45, 7) is 0.529. The van der Waals surface area contributed by atoms with Crippen molar-refractivity contribution in [2.45, 2.75) is 18.9 Å². The third kappa shape index (κ3) is 3.19. The van der Waals surface area contributed by atoms with Crippen molar-refractivity contribution < 1.29 is 9.18 Å². The molecule has 3 heteroatoms. The number of anilines is 1. The fourth-order valence-corrected chi connectivity index (χ4v) is 4.35. The van der Waals surface area contributed by atoms with Crippen molar-refractivity contribution in [3.05, 3.63) is 114 Å². The van der Waals surface area contributed by atoms with Gasteiger partial charge in [0.1, 0.15) is 5.82 Å². The second kappa shape index (κ2) is 7.17. The molecule has 1 amide bonds. The lowest BCUT2D eigenvalue weighted by Gasteiger charge is -2.35. The van der Waals surface area contributed by atoms with Crippen LogP contribution in [0.15, 0.2) is 91.0 Å². The van der Waals surface area contributed by atoms with Crippen molar-refractivity contribution in [1.29, 1.82) is 0 Å². The van der Waals surface area contributed by atoms with Crippen molar-refractivity contribution in [3.8, 4) is 0 Å². The molecule has 0 N–H and O–H groups in total. The monoisotopic (exact) mass is 381 g/mol. The van der Waals surface area contributed by atoms with Crippen molar-refractivity contribution >= 4 is 22.4 Å². The van der Waals surface area contributed by atoms with E-state index in [4.69, 9.17) is 0 Å². The fourth-order valence-electron chi connectivity index (χ4n) is 4.35. The minimum atomic E-state index is -0.275. The first-order valence-corrected chi connectivity index (χ1v) is 9.82. The van der Waals surface area contributed by atoms with Crippen LogP contribution in [0.3, 0.4) is 0 Å². The Balaban J connectivity index is 1.70. The molecule has 1 aliphatic rings. The Kier molecular flexibility index (Phi) is 4.36. The Morgan fingerprint density at radius 2 is 1.66 bits per heavy atom. The van der Waals surface area contributed by atoms with E-state index in [-0.39, 0.29) is 17.6 Å². The Bertz CT molecular complexity index is 1200. The van der Waals surface area contributed by atoms with Gasteiger partial charge in [0.2, 0.25) is 5.91 Å². The lowest BCUT2D eigenvalue weighted by molar-refractivity contribution is -0.119. The number of carbonyl (C=O) groups is 1. The second-order valence-corrected chi connectivity index (χ2v) is 7.50. The molecule has 0 aromatic heterocycles. The van der Waals surface area contributed by atoms with E-state index in [1.165, 1.54) is 6.07 Å². The van der Waals surface area contributed by atoms with Crippen molar-refractivity contribution in [2.75, 3.05) is 4.90 Å². The van der Waals surface area contributed by atoms with E-state index in [0.717, 1.165) is 33.2 Å². The molecule has 0 saturated heterocycles. The maximum absolute atomic E-state index is 14.0. The fraction of sp³-hybridized carbons (Fsp3) is 0.115. The molecular formula is C26H20FNO. The van der Waals surface area contributed by atoms with Crippen LogP contribution >= 0.6 is 0 Å². The van der Waals surface area contributed by atoms with Crippen molar-refractivity contribution in [3.63, 3.8) is 0 Å². The highest BCUT2D eigenvalue weighted by Crippen LogP contribution is 2.44. The van der Waals surface area contributed by atoms with E-state index in [9.17, 15) is 9.18 Å². The first-order valence-electron chi connectivity index (χ1n) is 9.82. The third-order valence-corrected chi connectivity index (χ3v) is 5.70. The SMILES string of the molecule is O=C1CC(c2cccc(F)c2)c2c(ccc3ccccc23)N1Cc1ccccc1. The zero-order valence-electron chi connectivity index (χ0n) is 15.9.